The van der Waals surface area contributed by atoms with Crippen molar-refractivity contribution in [3.05, 3.63) is 0 Å². The van der Waals surface area contributed by atoms with Gasteiger partial charge in [-0.2, -0.15) is 0 Å². The summed E-state index contributed by atoms with van der Waals surface area (Å²) in [7, 11) is 0. The van der Waals surface area contributed by atoms with E-state index in [2.05, 4.69) is 0 Å². The monoisotopic (exact) mass is 111 g/mol. The van der Waals surface area contributed by atoms with Gasteiger partial charge in [0.25, 0.3) is 5.97 Å². The smallest absolute Gasteiger partial charge is 0.300 e. The SMILES string of the molecule is CC(=O)O.N.N.N. The van der Waals surface area contributed by atoms with Crippen LogP contribution in [0.2, 0.25) is 0 Å². The van der Waals surface area contributed by atoms with Crippen molar-refractivity contribution < 1.29 is 9.90 Å². The molecule has 0 aromatic carbocycles. The lowest BCUT2D eigenvalue weighted by Gasteiger charge is -1.59. The average Bonchev–Trinajstić information content (AvgIpc) is 0.811. The van der Waals surface area contributed by atoms with Crippen LogP contribution in [0, 0.1) is 0 Å². The van der Waals surface area contributed by atoms with Crippen LogP contribution < -0.4 is 18.5 Å². The van der Waals surface area contributed by atoms with Gasteiger partial charge in [0.05, 0.1) is 0 Å². The maximum atomic E-state index is 9.00. The molecule has 0 spiro atoms. The van der Waals surface area contributed by atoms with Crippen LogP contribution in [0.25, 0.3) is 0 Å². The van der Waals surface area contributed by atoms with Crippen LogP contribution in [0.1, 0.15) is 6.92 Å². The van der Waals surface area contributed by atoms with Crippen LogP contribution in [0.5, 0.6) is 0 Å². The summed E-state index contributed by atoms with van der Waals surface area (Å²) in [6, 6.07) is 0. The Morgan fingerprint density at radius 3 is 1.29 bits per heavy atom. The van der Waals surface area contributed by atoms with Gasteiger partial charge in [0.1, 0.15) is 0 Å². The van der Waals surface area contributed by atoms with E-state index in [-0.39, 0.29) is 18.5 Å². The number of carboxylic acid groups (broad SMARTS) is 1. The molecule has 0 amide bonds. The highest BCUT2D eigenvalue weighted by Crippen LogP contribution is 1.42. The van der Waals surface area contributed by atoms with Crippen LogP contribution in [0.3, 0.4) is 0 Å². The molecule has 0 aliphatic rings. The Bertz CT molecular complexity index is 33.9. The molecule has 0 radical (unpaired) electrons. The highest BCUT2D eigenvalue weighted by Gasteiger charge is 1.65. The minimum absolute atomic E-state index is 0. The van der Waals surface area contributed by atoms with E-state index in [0.29, 0.717) is 0 Å². The zero-order valence-corrected chi connectivity index (χ0v) is 4.48. The van der Waals surface area contributed by atoms with Crippen LogP contribution >= 0.6 is 0 Å². The van der Waals surface area contributed by atoms with Crippen molar-refractivity contribution in [3.8, 4) is 0 Å². The third kappa shape index (κ3) is 142. The van der Waals surface area contributed by atoms with Gasteiger partial charge in [-0.25, -0.2) is 0 Å². The zero-order valence-electron chi connectivity index (χ0n) is 4.48. The topological polar surface area (TPSA) is 142 Å². The average molecular weight is 111 g/mol. The van der Waals surface area contributed by atoms with Crippen molar-refractivity contribution in [2.24, 2.45) is 0 Å². The van der Waals surface area contributed by atoms with Gasteiger partial charge in [-0.05, 0) is 0 Å². The molecule has 48 valence electrons. The minimum Gasteiger partial charge on any atom is -0.481 e. The van der Waals surface area contributed by atoms with E-state index in [1.165, 1.54) is 0 Å². The first kappa shape index (κ1) is 32.9. The number of carbonyl (C=O) groups is 1. The molecular weight excluding hydrogens is 98.0 g/mol. The Morgan fingerprint density at radius 2 is 1.29 bits per heavy atom. The number of aliphatic carboxylic acids is 1. The molecular formula is C2H13N3O2. The molecule has 7 heavy (non-hydrogen) atoms. The molecule has 0 heterocycles. The summed E-state index contributed by atoms with van der Waals surface area (Å²) in [5.41, 5.74) is 0. The fourth-order valence-electron chi connectivity index (χ4n) is 0. The summed E-state index contributed by atoms with van der Waals surface area (Å²) < 4.78 is 0. The van der Waals surface area contributed by atoms with Gasteiger partial charge in [0.15, 0.2) is 0 Å². The van der Waals surface area contributed by atoms with Crippen molar-refractivity contribution in [2.45, 2.75) is 6.92 Å². The Morgan fingerprint density at radius 1 is 1.29 bits per heavy atom. The third-order valence-electron chi connectivity index (χ3n) is 0. The molecule has 0 fully saturated rings. The molecule has 0 bridgehead atoms. The van der Waals surface area contributed by atoms with Gasteiger partial charge >= 0.3 is 0 Å². The van der Waals surface area contributed by atoms with E-state index in [1.54, 1.807) is 0 Å². The lowest BCUT2D eigenvalue weighted by Crippen LogP contribution is -1.78. The first-order chi connectivity index (χ1) is 1.73. The first-order valence-electron chi connectivity index (χ1n) is 0.928. The van der Waals surface area contributed by atoms with E-state index in [1.807, 2.05) is 0 Å². The summed E-state index contributed by atoms with van der Waals surface area (Å²) >= 11 is 0. The lowest BCUT2D eigenvalue weighted by molar-refractivity contribution is -0.134. The van der Waals surface area contributed by atoms with Gasteiger partial charge in [-0.3, -0.25) is 4.79 Å². The fraction of sp³-hybridized carbons (Fsp3) is 0.500. The molecule has 0 aliphatic carbocycles. The van der Waals surface area contributed by atoms with Gasteiger partial charge < -0.3 is 23.6 Å². The van der Waals surface area contributed by atoms with E-state index in [0.717, 1.165) is 6.92 Å². The number of rotatable bonds is 0. The molecule has 0 unspecified atom stereocenters. The second-order valence-electron chi connectivity index (χ2n) is 0.519. The highest BCUT2D eigenvalue weighted by molar-refractivity contribution is 5.62. The molecule has 0 saturated heterocycles. The quantitative estimate of drug-likeness (QED) is 0.361. The number of carboxylic acids is 1. The molecule has 5 heteroatoms. The summed E-state index contributed by atoms with van der Waals surface area (Å²) in [5.74, 6) is -0.833. The van der Waals surface area contributed by atoms with Crippen molar-refractivity contribution in [1.82, 2.24) is 18.5 Å². The predicted octanol–water partition coefficient (Wildman–Crippen LogP) is 0.577. The molecule has 0 aromatic heterocycles. The van der Waals surface area contributed by atoms with Gasteiger partial charge in [-0.1, -0.05) is 0 Å². The summed E-state index contributed by atoms with van der Waals surface area (Å²) in [6.45, 7) is 1.08. The lowest BCUT2D eigenvalue weighted by atomic mass is 10.9. The van der Waals surface area contributed by atoms with E-state index in [9.17, 15) is 0 Å². The summed E-state index contributed by atoms with van der Waals surface area (Å²) in [5, 5.41) is 7.42. The van der Waals surface area contributed by atoms with Crippen LogP contribution in [-0.2, 0) is 4.79 Å². The van der Waals surface area contributed by atoms with Gasteiger partial charge in [0.2, 0.25) is 0 Å². The molecule has 0 saturated carbocycles. The number of hydrogen-bond donors (Lipinski definition) is 4. The maximum Gasteiger partial charge on any atom is 0.300 e. The molecule has 0 aromatic rings. The van der Waals surface area contributed by atoms with Crippen molar-refractivity contribution >= 4 is 5.97 Å². The van der Waals surface area contributed by atoms with E-state index < -0.39 is 5.97 Å². The van der Waals surface area contributed by atoms with Crippen molar-refractivity contribution in [1.29, 1.82) is 0 Å². The Hall–Kier alpha value is -0.650. The van der Waals surface area contributed by atoms with Crippen LogP contribution in [0.15, 0.2) is 0 Å². The Balaban J connectivity index is -0.0000000150. The Labute approximate surface area is 42.5 Å². The minimum atomic E-state index is -0.833. The van der Waals surface area contributed by atoms with Gasteiger partial charge in [-0.15, -0.1) is 0 Å². The number of hydrogen-bond acceptors (Lipinski definition) is 4. The highest BCUT2D eigenvalue weighted by atomic mass is 16.4. The standard InChI is InChI=1S/C2H4O2.3H3N/c1-2(3)4;;;/h1H3,(H,3,4);3*1H3. The molecule has 5 nitrogen and oxygen atoms in total. The molecule has 10 N–H and O–H groups in total. The summed E-state index contributed by atoms with van der Waals surface area (Å²) in [4.78, 5) is 9.00. The Kier molecular flexibility index (Phi) is 86.2. The first-order valence-corrected chi connectivity index (χ1v) is 0.928. The summed E-state index contributed by atoms with van der Waals surface area (Å²) in [6.07, 6.45) is 0. The third-order valence-corrected chi connectivity index (χ3v) is 0. The second kappa shape index (κ2) is 18.3. The molecule has 0 atom stereocenters. The molecule has 0 rings (SSSR count). The van der Waals surface area contributed by atoms with Crippen molar-refractivity contribution in [2.75, 3.05) is 0 Å². The van der Waals surface area contributed by atoms with Crippen LogP contribution in [-0.4, -0.2) is 11.1 Å². The normalized spacial score (nSPS) is 3.57. The van der Waals surface area contributed by atoms with Crippen molar-refractivity contribution in [3.63, 3.8) is 0 Å². The van der Waals surface area contributed by atoms with Gasteiger partial charge in [0, 0.05) is 6.92 Å². The zero-order chi connectivity index (χ0) is 3.58. The fourth-order valence-corrected chi connectivity index (χ4v) is 0. The maximum absolute atomic E-state index is 9.00. The van der Waals surface area contributed by atoms with E-state index in [4.69, 9.17) is 9.90 Å². The predicted molar refractivity (Wildman–Crippen MR) is 28.4 cm³/mol. The van der Waals surface area contributed by atoms with Crippen LogP contribution in [0.4, 0.5) is 0 Å². The van der Waals surface area contributed by atoms with E-state index >= 15 is 0 Å². The molecule has 0 aliphatic heterocycles. The largest absolute Gasteiger partial charge is 0.481 e. The second-order valence-corrected chi connectivity index (χ2v) is 0.519.